The summed E-state index contributed by atoms with van der Waals surface area (Å²) in [5, 5.41) is 0. The van der Waals surface area contributed by atoms with E-state index in [4.69, 9.17) is 5.73 Å². The Labute approximate surface area is 118 Å². The quantitative estimate of drug-likeness (QED) is 0.645. The van der Waals surface area contributed by atoms with Crippen LogP contribution in [0.3, 0.4) is 0 Å². The summed E-state index contributed by atoms with van der Waals surface area (Å²) in [4.78, 5) is 24.8. The molecule has 1 aromatic rings. The molecule has 0 radical (unpaired) electrons. The highest BCUT2D eigenvalue weighted by molar-refractivity contribution is 5.98. The summed E-state index contributed by atoms with van der Waals surface area (Å²) in [5.74, 6) is 4.86. The van der Waals surface area contributed by atoms with Gasteiger partial charge in [0.25, 0.3) is 5.91 Å². The molecule has 0 aromatic heterocycles. The highest BCUT2D eigenvalue weighted by atomic mass is 16.5. The van der Waals surface area contributed by atoms with Gasteiger partial charge in [-0.2, -0.15) is 0 Å². The maximum atomic E-state index is 12.3. The van der Waals surface area contributed by atoms with E-state index in [-0.39, 0.29) is 19.0 Å². The maximum Gasteiger partial charge on any atom is 0.325 e. The molecular weight excluding hydrogens is 256 g/mol. The van der Waals surface area contributed by atoms with Crippen molar-refractivity contribution in [2.75, 3.05) is 27.2 Å². The number of likely N-dealkylation sites (N-methyl/N-ethyl adjacent to an activating group) is 1. The Bertz CT molecular complexity index is 570. The SMILES string of the molecule is COC(=O)CN(C)C(=O)c1ccc(C)cc1C#CCN. The smallest absolute Gasteiger partial charge is 0.325 e. The minimum atomic E-state index is -0.470. The monoisotopic (exact) mass is 274 g/mol. The molecule has 0 fully saturated rings. The van der Waals surface area contributed by atoms with Crippen molar-refractivity contribution in [3.63, 3.8) is 0 Å². The van der Waals surface area contributed by atoms with Gasteiger partial charge in [0, 0.05) is 12.6 Å². The van der Waals surface area contributed by atoms with Gasteiger partial charge in [-0.1, -0.05) is 17.9 Å². The van der Waals surface area contributed by atoms with Gasteiger partial charge in [0.2, 0.25) is 0 Å². The third-order valence-electron chi connectivity index (χ3n) is 2.67. The molecule has 0 spiro atoms. The fraction of sp³-hybridized carbons (Fsp3) is 0.333. The van der Waals surface area contributed by atoms with Crippen LogP contribution in [-0.4, -0.2) is 44.0 Å². The van der Waals surface area contributed by atoms with Crippen molar-refractivity contribution in [2.45, 2.75) is 6.92 Å². The number of carbonyl (C=O) groups excluding carboxylic acids is 2. The van der Waals surface area contributed by atoms with E-state index in [1.54, 1.807) is 13.1 Å². The van der Waals surface area contributed by atoms with Crippen LogP contribution >= 0.6 is 0 Å². The predicted octanol–water partition coefficient (Wildman–Crippen LogP) is 0.550. The van der Waals surface area contributed by atoms with Crippen molar-refractivity contribution < 1.29 is 14.3 Å². The molecule has 0 saturated heterocycles. The fourth-order valence-corrected chi connectivity index (χ4v) is 1.63. The van der Waals surface area contributed by atoms with Gasteiger partial charge in [-0.15, -0.1) is 0 Å². The molecule has 0 unspecified atom stereocenters. The van der Waals surface area contributed by atoms with E-state index < -0.39 is 5.97 Å². The molecule has 0 heterocycles. The van der Waals surface area contributed by atoms with Crippen LogP contribution in [0.4, 0.5) is 0 Å². The van der Waals surface area contributed by atoms with E-state index in [0.717, 1.165) is 5.56 Å². The summed E-state index contributed by atoms with van der Waals surface area (Å²) >= 11 is 0. The van der Waals surface area contributed by atoms with Gasteiger partial charge in [-0.05, 0) is 24.6 Å². The van der Waals surface area contributed by atoms with Crippen molar-refractivity contribution in [3.8, 4) is 11.8 Å². The van der Waals surface area contributed by atoms with Crippen molar-refractivity contribution >= 4 is 11.9 Å². The summed E-state index contributed by atoms with van der Waals surface area (Å²) in [7, 11) is 2.82. The van der Waals surface area contributed by atoms with Gasteiger partial charge in [0.05, 0.1) is 19.2 Å². The van der Waals surface area contributed by atoms with Crippen molar-refractivity contribution in [3.05, 3.63) is 34.9 Å². The highest BCUT2D eigenvalue weighted by Crippen LogP contribution is 2.13. The second kappa shape index (κ2) is 7.31. The van der Waals surface area contributed by atoms with Crippen LogP contribution in [0.5, 0.6) is 0 Å². The van der Waals surface area contributed by atoms with E-state index in [9.17, 15) is 9.59 Å². The molecule has 1 rings (SSSR count). The van der Waals surface area contributed by atoms with Gasteiger partial charge in [-0.3, -0.25) is 9.59 Å². The molecule has 106 valence electrons. The maximum absolute atomic E-state index is 12.3. The molecule has 5 heteroatoms. The van der Waals surface area contributed by atoms with E-state index in [0.29, 0.717) is 11.1 Å². The molecule has 20 heavy (non-hydrogen) atoms. The summed E-state index contributed by atoms with van der Waals surface area (Å²) in [5.41, 5.74) is 7.41. The lowest BCUT2D eigenvalue weighted by atomic mass is 10.0. The highest BCUT2D eigenvalue weighted by Gasteiger charge is 2.17. The molecule has 0 aliphatic carbocycles. The molecule has 5 nitrogen and oxygen atoms in total. The number of ether oxygens (including phenoxy) is 1. The number of aryl methyl sites for hydroxylation is 1. The predicted molar refractivity (Wildman–Crippen MR) is 76.1 cm³/mol. The number of amides is 1. The lowest BCUT2D eigenvalue weighted by molar-refractivity contribution is -0.141. The van der Waals surface area contributed by atoms with Gasteiger partial charge in [-0.25, -0.2) is 0 Å². The van der Waals surface area contributed by atoms with Crippen LogP contribution in [0, 0.1) is 18.8 Å². The summed E-state index contributed by atoms with van der Waals surface area (Å²) < 4.78 is 4.54. The molecule has 1 amide bonds. The number of methoxy groups -OCH3 is 1. The molecule has 1 aromatic carbocycles. The lowest BCUT2D eigenvalue weighted by Crippen LogP contribution is -2.33. The minimum Gasteiger partial charge on any atom is -0.468 e. The van der Waals surface area contributed by atoms with E-state index in [1.807, 2.05) is 19.1 Å². The average molecular weight is 274 g/mol. The topological polar surface area (TPSA) is 72.6 Å². The second-order valence-corrected chi connectivity index (χ2v) is 4.29. The zero-order valence-corrected chi connectivity index (χ0v) is 11.9. The standard InChI is InChI=1S/C15H18N2O3/c1-11-6-7-13(12(9-11)5-4-8-16)15(19)17(2)10-14(18)20-3/h6-7,9H,8,10,16H2,1-3H3. The summed E-state index contributed by atoms with van der Waals surface area (Å²) in [6.07, 6.45) is 0. The summed E-state index contributed by atoms with van der Waals surface area (Å²) in [6, 6.07) is 5.35. The normalized spacial score (nSPS) is 9.40. The van der Waals surface area contributed by atoms with Gasteiger partial charge < -0.3 is 15.4 Å². The number of hydrogen-bond donors (Lipinski definition) is 1. The number of hydrogen-bond acceptors (Lipinski definition) is 4. The molecule has 0 bridgehead atoms. The number of nitrogens with zero attached hydrogens (tertiary/aromatic N) is 1. The molecular formula is C15H18N2O3. The minimum absolute atomic E-state index is 0.104. The Balaban J connectivity index is 3.05. The Kier molecular flexibility index (Phi) is 5.75. The number of benzene rings is 1. The molecule has 0 atom stereocenters. The zero-order valence-electron chi connectivity index (χ0n) is 11.9. The van der Waals surface area contributed by atoms with Gasteiger partial charge in [0.15, 0.2) is 0 Å². The lowest BCUT2D eigenvalue weighted by Gasteiger charge is -2.16. The first kappa shape index (κ1) is 15.7. The molecule has 2 N–H and O–H groups in total. The Hall–Kier alpha value is -2.32. The van der Waals surface area contributed by atoms with E-state index in [1.165, 1.54) is 12.0 Å². The third kappa shape index (κ3) is 4.11. The fourth-order valence-electron chi connectivity index (χ4n) is 1.63. The number of nitrogens with two attached hydrogens (primary N) is 1. The van der Waals surface area contributed by atoms with Crippen LogP contribution in [-0.2, 0) is 9.53 Å². The second-order valence-electron chi connectivity index (χ2n) is 4.29. The molecule has 0 aliphatic heterocycles. The van der Waals surface area contributed by atoms with Crippen molar-refractivity contribution in [2.24, 2.45) is 5.73 Å². The van der Waals surface area contributed by atoms with Gasteiger partial charge in [0.1, 0.15) is 6.54 Å². The Morgan fingerprint density at radius 3 is 2.70 bits per heavy atom. The number of esters is 1. The van der Waals surface area contributed by atoms with Crippen LogP contribution in [0.2, 0.25) is 0 Å². The summed E-state index contributed by atoms with van der Waals surface area (Å²) in [6.45, 7) is 2.03. The van der Waals surface area contributed by atoms with E-state index >= 15 is 0 Å². The van der Waals surface area contributed by atoms with Crippen molar-refractivity contribution in [1.29, 1.82) is 0 Å². The Morgan fingerprint density at radius 2 is 2.10 bits per heavy atom. The van der Waals surface area contributed by atoms with Gasteiger partial charge >= 0.3 is 5.97 Å². The van der Waals surface area contributed by atoms with Crippen LogP contribution in [0.1, 0.15) is 21.5 Å². The average Bonchev–Trinajstić information content (AvgIpc) is 2.44. The van der Waals surface area contributed by atoms with Crippen LogP contribution < -0.4 is 5.73 Å². The largest absolute Gasteiger partial charge is 0.468 e. The van der Waals surface area contributed by atoms with Crippen molar-refractivity contribution in [1.82, 2.24) is 4.90 Å². The van der Waals surface area contributed by atoms with Crippen LogP contribution in [0.25, 0.3) is 0 Å². The first-order valence-electron chi connectivity index (χ1n) is 6.11. The molecule has 0 aliphatic rings. The Morgan fingerprint density at radius 1 is 1.40 bits per heavy atom. The zero-order chi connectivity index (χ0) is 15.1. The van der Waals surface area contributed by atoms with Crippen LogP contribution in [0.15, 0.2) is 18.2 Å². The number of carbonyl (C=O) groups is 2. The molecule has 0 saturated carbocycles. The third-order valence-corrected chi connectivity index (χ3v) is 2.67. The number of rotatable bonds is 3. The van der Waals surface area contributed by atoms with E-state index in [2.05, 4.69) is 16.6 Å². The first-order valence-corrected chi connectivity index (χ1v) is 6.11. The first-order chi connectivity index (χ1) is 9.49.